The van der Waals surface area contributed by atoms with Crippen molar-refractivity contribution in [3.05, 3.63) is 35.5 Å². The third-order valence-corrected chi connectivity index (χ3v) is 3.44. The monoisotopic (exact) mass is 331 g/mol. The first-order valence-electron chi connectivity index (χ1n) is 7.94. The second-order valence-corrected chi connectivity index (χ2v) is 5.29. The number of aliphatic imine (C=N–C) groups is 1. The largest absolute Gasteiger partial charge is 0.454 e. The third kappa shape index (κ3) is 4.15. The number of fused-ring (bicyclic) bond motifs is 1. The number of aromatic nitrogens is 2. The number of nitrogens with one attached hydrogen (secondary N) is 2. The smallest absolute Gasteiger partial charge is 0.231 e. The molecule has 24 heavy (non-hydrogen) atoms. The molecule has 2 aromatic rings. The number of benzene rings is 1. The summed E-state index contributed by atoms with van der Waals surface area (Å²) in [5.41, 5.74) is 1.18. The van der Waals surface area contributed by atoms with Gasteiger partial charge in [0.1, 0.15) is 6.54 Å². The zero-order valence-electron chi connectivity index (χ0n) is 13.8. The molecule has 0 spiro atoms. The lowest BCUT2D eigenvalue weighted by molar-refractivity contribution is 0.174. The highest BCUT2D eigenvalue weighted by molar-refractivity contribution is 5.79. The number of hydrogen-bond donors (Lipinski definition) is 2. The van der Waals surface area contributed by atoms with Crippen molar-refractivity contribution in [2.24, 2.45) is 4.99 Å². The van der Waals surface area contributed by atoms with Gasteiger partial charge in [-0.1, -0.05) is 11.2 Å². The van der Waals surface area contributed by atoms with E-state index in [9.17, 15) is 0 Å². The molecule has 1 aromatic carbocycles. The molecule has 0 unspecified atom stereocenters. The van der Waals surface area contributed by atoms with Crippen LogP contribution < -0.4 is 20.1 Å². The SMILES string of the molecule is CCNC(=NCc1noc(C)n1)NCCc1ccc2c(c1)OCO2. The van der Waals surface area contributed by atoms with Crippen LogP contribution in [0.1, 0.15) is 24.2 Å². The summed E-state index contributed by atoms with van der Waals surface area (Å²) in [4.78, 5) is 8.59. The first-order chi connectivity index (χ1) is 11.7. The average molecular weight is 331 g/mol. The summed E-state index contributed by atoms with van der Waals surface area (Å²) in [7, 11) is 0. The molecule has 2 N–H and O–H groups in total. The lowest BCUT2D eigenvalue weighted by Gasteiger charge is -2.11. The van der Waals surface area contributed by atoms with Crippen molar-refractivity contribution in [2.75, 3.05) is 19.9 Å². The highest BCUT2D eigenvalue weighted by Gasteiger charge is 2.13. The van der Waals surface area contributed by atoms with Crippen LogP contribution in [0.25, 0.3) is 0 Å². The summed E-state index contributed by atoms with van der Waals surface area (Å²) < 4.78 is 15.6. The molecule has 3 rings (SSSR count). The molecule has 0 amide bonds. The number of aryl methyl sites for hydroxylation is 1. The molecule has 0 saturated carbocycles. The van der Waals surface area contributed by atoms with Crippen LogP contribution in [-0.2, 0) is 13.0 Å². The van der Waals surface area contributed by atoms with Gasteiger partial charge in [0.2, 0.25) is 12.7 Å². The molecule has 0 aliphatic carbocycles. The van der Waals surface area contributed by atoms with E-state index in [1.54, 1.807) is 6.92 Å². The van der Waals surface area contributed by atoms with Gasteiger partial charge in [-0.25, -0.2) is 4.99 Å². The zero-order valence-corrected chi connectivity index (χ0v) is 13.8. The molecule has 1 aliphatic heterocycles. The van der Waals surface area contributed by atoms with E-state index < -0.39 is 0 Å². The summed E-state index contributed by atoms with van der Waals surface area (Å²) in [6.45, 7) is 5.97. The molecule has 8 heteroatoms. The second kappa shape index (κ2) is 7.67. The zero-order chi connectivity index (χ0) is 16.8. The number of ether oxygens (including phenoxy) is 2. The Kier molecular flexibility index (Phi) is 5.15. The van der Waals surface area contributed by atoms with Crippen molar-refractivity contribution < 1.29 is 14.0 Å². The molecular formula is C16H21N5O3. The van der Waals surface area contributed by atoms with Crippen LogP contribution in [-0.4, -0.2) is 36.0 Å². The first-order valence-corrected chi connectivity index (χ1v) is 7.94. The molecular weight excluding hydrogens is 310 g/mol. The van der Waals surface area contributed by atoms with Gasteiger partial charge in [0.05, 0.1) is 0 Å². The Morgan fingerprint density at radius 3 is 2.92 bits per heavy atom. The van der Waals surface area contributed by atoms with Crippen LogP contribution in [0.2, 0.25) is 0 Å². The Labute approximate surface area is 140 Å². The predicted octanol–water partition coefficient (Wildman–Crippen LogP) is 1.40. The minimum atomic E-state index is 0.295. The minimum absolute atomic E-state index is 0.295. The molecule has 128 valence electrons. The number of rotatable bonds is 6. The second-order valence-electron chi connectivity index (χ2n) is 5.29. The maximum absolute atomic E-state index is 5.39. The van der Waals surface area contributed by atoms with Crippen LogP contribution in [0.4, 0.5) is 0 Å². The Morgan fingerprint density at radius 2 is 2.12 bits per heavy atom. The predicted molar refractivity (Wildman–Crippen MR) is 88.1 cm³/mol. The van der Waals surface area contributed by atoms with Gasteiger partial charge in [-0.15, -0.1) is 0 Å². The van der Waals surface area contributed by atoms with E-state index in [1.165, 1.54) is 5.56 Å². The molecule has 2 heterocycles. The van der Waals surface area contributed by atoms with E-state index >= 15 is 0 Å². The first kappa shape index (κ1) is 16.1. The van der Waals surface area contributed by atoms with Crippen molar-refractivity contribution >= 4 is 5.96 Å². The summed E-state index contributed by atoms with van der Waals surface area (Å²) in [5.74, 6) is 3.44. The third-order valence-electron chi connectivity index (χ3n) is 3.44. The molecule has 0 fully saturated rings. The average Bonchev–Trinajstić information content (AvgIpc) is 3.20. The van der Waals surface area contributed by atoms with Crippen LogP contribution in [0.3, 0.4) is 0 Å². The molecule has 8 nitrogen and oxygen atoms in total. The molecule has 0 radical (unpaired) electrons. The van der Waals surface area contributed by atoms with Crippen LogP contribution in [0.5, 0.6) is 11.5 Å². The van der Waals surface area contributed by atoms with E-state index in [0.29, 0.717) is 25.1 Å². The van der Waals surface area contributed by atoms with Crippen LogP contribution in [0.15, 0.2) is 27.7 Å². The Morgan fingerprint density at radius 1 is 1.25 bits per heavy atom. The maximum Gasteiger partial charge on any atom is 0.231 e. The van der Waals surface area contributed by atoms with E-state index in [4.69, 9.17) is 14.0 Å². The van der Waals surface area contributed by atoms with Gasteiger partial charge in [0.25, 0.3) is 0 Å². The summed E-state index contributed by atoms with van der Waals surface area (Å²) in [6, 6.07) is 5.99. The van der Waals surface area contributed by atoms with Gasteiger partial charge in [-0.3, -0.25) is 0 Å². The van der Waals surface area contributed by atoms with Gasteiger partial charge in [0, 0.05) is 20.0 Å². The summed E-state index contributed by atoms with van der Waals surface area (Å²) in [5, 5.41) is 10.3. The molecule has 0 saturated heterocycles. The molecule has 1 aliphatic rings. The van der Waals surface area contributed by atoms with Gasteiger partial charge >= 0.3 is 0 Å². The van der Waals surface area contributed by atoms with E-state index in [-0.39, 0.29) is 0 Å². The fourth-order valence-electron chi connectivity index (χ4n) is 2.32. The van der Waals surface area contributed by atoms with E-state index in [1.807, 2.05) is 25.1 Å². The highest BCUT2D eigenvalue weighted by atomic mass is 16.7. The minimum Gasteiger partial charge on any atom is -0.454 e. The molecule has 1 aromatic heterocycles. The van der Waals surface area contributed by atoms with Gasteiger partial charge in [-0.2, -0.15) is 4.98 Å². The maximum atomic E-state index is 5.39. The lowest BCUT2D eigenvalue weighted by Crippen LogP contribution is -2.38. The summed E-state index contributed by atoms with van der Waals surface area (Å²) >= 11 is 0. The van der Waals surface area contributed by atoms with E-state index in [0.717, 1.165) is 37.0 Å². The standard InChI is InChI=1S/C16H21N5O3/c1-3-17-16(19-9-15-20-11(2)24-21-15)18-7-6-12-4-5-13-14(8-12)23-10-22-13/h4-5,8H,3,6-7,9-10H2,1-2H3,(H2,17,18,19). The Bertz CT molecular complexity index is 713. The lowest BCUT2D eigenvalue weighted by atomic mass is 10.1. The van der Waals surface area contributed by atoms with Crippen molar-refractivity contribution in [3.8, 4) is 11.5 Å². The molecule has 0 atom stereocenters. The van der Waals surface area contributed by atoms with Gasteiger partial charge in [-0.05, 0) is 31.0 Å². The molecule has 0 bridgehead atoms. The van der Waals surface area contributed by atoms with Crippen molar-refractivity contribution in [1.82, 2.24) is 20.8 Å². The van der Waals surface area contributed by atoms with Crippen molar-refractivity contribution in [3.63, 3.8) is 0 Å². The fraction of sp³-hybridized carbons (Fsp3) is 0.438. The van der Waals surface area contributed by atoms with E-state index in [2.05, 4.69) is 25.8 Å². The number of hydrogen-bond acceptors (Lipinski definition) is 6. The van der Waals surface area contributed by atoms with Gasteiger partial charge in [0.15, 0.2) is 23.3 Å². The van der Waals surface area contributed by atoms with Crippen LogP contribution >= 0.6 is 0 Å². The van der Waals surface area contributed by atoms with Crippen molar-refractivity contribution in [2.45, 2.75) is 26.8 Å². The number of nitrogens with zero attached hydrogens (tertiary/aromatic N) is 3. The normalized spacial score (nSPS) is 13.2. The number of guanidine groups is 1. The summed E-state index contributed by atoms with van der Waals surface area (Å²) in [6.07, 6.45) is 0.850. The fourth-order valence-corrected chi connectivity index (χ4v) is 2.32. The Hall–Kier alpha value is -2.77. The van der Waals surface area contributed by atoms with Crippen molar-refractivity contribution in [1.29, 1.82) is 0 Å². The van der Waals surface area contributed by atoms with Gasteiger partial charge < -0.3 is 24.6 Å². The topological polar surface area (TPSA) is 93.8 Å². The Balaban J connectivity index is 1.52. The highest BCUT2D eigenvalue weighted by Crippen LogP contribution is 2.32. The van der Waals surface area contributed by atoms with Crippen LogP contribution in [0, 0.1) is 6.92 Å². The quantitative estimate of drug-likeness (QED) is 0.610.